The molecule has 1 heterocycles. The summed E-state index contributed by atoms with van der Waals surface area (Å²) in [5, 5.41) is 0. The van der Waals surface area contributed by atoms with E-state index in [2.05, 4.69) is 53.4 Å². The Kier molecular flexibility index (Phi) is 6.41. The third kappa shape index (κ3) is 4.67. The fourth-order valence-electron chi connectivity index (χ4n) is 3.31. The van der Waals surface area contributed by atoms with Crippen LogP contribution in [-0.2, 0) is 9.47 Å². The van der Waals surface area contributed by atoms with E-state index < -0.39 is 0 Å². The van der Waals surface area contributed by atoms with Crippen molar-refractivity contribution in [3.63, 3.8) is 0 Å². The lowest BCUT2D eigenvalue weighted by Crippen LogP contribution is -2.38. The normalized spacial score (nSPS) is 16.6. The Balaban J connectivity index is 1.57. The van der Waals surface area contributed by atoms with Gasteiger partial charge in [0.15, 0.2) is 0 Å². The van der Waals surface area contributed by atoms with Crippen molar-refractivity contribution in [3.05, 3.63) is 71.8 Å². The lowest BCUT2D eigenvalue weighted by Gasteiger charge is -2.31. The number of hydrogen-bond donors (Lipinski definition) is 0. The Morgan fingerprint density at radius 2 is 1.46 bits per heavy atom. The van der Waals surface area contributed by atoms with Crippen molar-refractivity contribution < 1.29 is 9.47 Å². The second kappa shape index (κ2) is 8.97. The lowest BCUT2D eigenvalue weighted by molar-refractivity contribution is 0.0188. The lowest BCUT2D eigenvalue weighted by atomic mass is 10.0. The van der Waals surface area contributed by atoms with Crippen LogP contribution in [0.25, 0.3) is 0 Å². The number of methoxy groups -OCH3 is 1. The van der Waals surface area contributed by atoms with E-state index >= 15 is 0 Å². The molecule has 2 aromatic carbocycles. The zero-order valence-corrected chi connectivity index (χ0v) is 14.4. The molecule has 0 amide bonds. The van der Waals surface area contributed by atoms with Crippen molar-refractivity contribution in [1.29, 1.82) is 0 Å². The van der Waals surface area contributed by atoms with Crippen molar-refractivity contribution in [1.82, 2.24) is 4.90 Å². The Morgan fingerprint density at radius 1 is 0.917 bits per heavy atom. The molecule has 1 saturated heterocycles. The fraction of sp³-hybridized carbons (Fsp3) is 0.429. The largest absolute Gasteiger partial charge is 0.381 e. The van der Waals surface area contributed by atoms with E-state index in [0.29, 0.717) is 6.10 Å². The quantitative estimate of drug-likeness (QED) is 0.770. The van der Waals surface area contributed by atoms with Crippen LogP contribution >= 0.6 is 0 Å². The standard InChI is InChI=1S/C21H27NO2/c1-23-20-12-14-22(15-13-20)16-17-24-21(18-8-4-2-5-9-18)19-10-6-3-7-11-19/h2-11,20-21H,12-17H2,1H3. The highest BCUT2D eigenvalue weighted by Gasteiger charge is 2.19. The molecule has 1 aliphatic rings. The summed E-state index contributed by atoms with van der Waals surface area (Å²) >= 11 is 0. The van der Waals surface area contributed by atoms with Crippen LogP contribution < -0.4 is 0 Å². The maximum Gasteiger partial charge on any atom is 0.108 e. The minimum Gasteiger partial charge on any atom is -0.381 e. The SMILES string of the molecule is COC1CCN(CCOC(c2ccccc2)c2ccccc2)CC1. The molecule has 3 heteroatoms. The second-order valence-corrected chi connectivity index (χ2v) is 6.35. The second-order valence-electron chi connectivity index (χ2n) is 6.35. The monoisotopic (exact) mass is 325 g/mol. The summed E-state index contributed by atoms with van der Waals surface area (Å²) in [4.78, 5) is 2.47. The summed E-state index contributed by atoms with van der Waals surface area (Å²) in [5.41, 5.74) is 2.42. The molecule has 24 heavy (non-hydrogen) atoms. The third-order valence-electron chi connectivity index (χ3n) is 4.76. The van der Waals surface area contributed by atoms with Gasteiger partial charge in [-0.2, -0.15) is 0 Å². The summed E-state index contributed by atoms with van der Waals surface area (Å²) in [6.07, 6.45) is 2.68. The molecule has 0 aliphatic carbocycles. The molecule has 0 aromatic heterocycles. The molecular weight excluding hydrogens is 298 g/mol. The third-order valence-corrected chi connectivity index (χ3v) is 4.76. The predicted molar refractivity (Wildman–Crippen MR) is 97.2 cm³/mol. The van der Waals surface area contributed by atoms with Gasteiger partial charge in [0, 0.05) is 26.7 Å². The molecule has 0 unspecified atom stereocenters. The Hall–Kier alpha value is -1.68. The van der Waals surface area contributed by atoms with Crippen LogP contribution in [0.4, 0.5) is 0 Å². The first-order valence-corrected chi connectivity index (χ1v) is 8.83. The van der Waals surface area contributed by atoms with Crippen molar-refractivity contribution >= 4 is 0 Å². The molecule has 1 fully saturated rings. The number of ether oxygens (including phenoxy) is 2. The van der Waals surface area contributed by atoms with Crippen LogP contribution in [0.3, 0.4) is 0 Å². The van der Waals surface area contributed by atoms with Gasteiger partial charge in [-0.25, -0.2) is 0 Å². The molecule has 0 atom stereocenters. The predicted octanol–water partition coefficient (Wildman–Crippen LogP) is 3.90. The Bertz CT molecular complexity index is 540. The first kappa shape index (κ1) is 17.2. The van der Waals surface area contributed by atoms with E-state index in [1.165, 1.54) is 11.1 Å². The van der Waals surface area contributed by atoms with Gasteiger partial charge in [0.2, 0.25) is 0 Å². The van der Waals surface area contributed by atoms with Crippen LogP contribution in [0.15, 0.2) is 60.7 Å². The topological polar surface area (TPSA) is 21.7 Å². The van der Waals surface area contributed by atoms with Crippen molar-refractivity contribution in [2.24, 2.45) is 0 Å². The molecule has 0 bridgehead atoms. The molecule has 0 saturated carbocycles. The highest BCUT2D eigenvalue weighted by atomic mass is 16.5. The average Bonchev–Trinajstić information content (AvgIpc) is 2.67. The van der Waals surface area contributed by atoms with Gasteiger partial charge in [0.25, 0.3) is 0 Å². The maximum atomic E-state index is 6.30. The molecule has 3 nitrogen and oxygen atoms in total. The molecule has 1 aliphatic heterocycles. The first-order valence-electron chi connectivity index (χ1n) is 8.83. The molecular formula is C21H27NO2. The number of nitrogens with zero attached hydrogens (tertiary/aromatic N) is 1. The highest BCUT2D eigenvalue weighted by molar-refractivity contribution is 5.29. The van der Waals surface area contributed by atoms with Gasteiger partial charge in [-0.05, 0) is 24.0 Å². The van der Waals surface area contributed by atoms with E-state index in [1.54, 1.807) is 0 Å². The number of likely N-dealkylation sites (tertiary alicyclic amines) is 1. The number of rotatable bonds is 7. The molecule has 0 radical (unpaired) electrons. The number of hydrogen-bond acceptors (Lipinski definition) is 3. The number of benzene rings is 2. The Morgan fingerprint density at radius 3 is 1.96 bits per heavy atom. The van der Waals surface area contributed by atoms with Crippen LogP contribution in [-0.4, -0.2) is 44.4 Å². The summed E-state index contributed by atoms with van der Waals surface area (Å²) in [6.45, 7) is 3.92. The Labute approximate surface area is 145 Å². The summed E-state index contributed by atoms with van der Waals surface area (Å²) < 4.78 is 11.7. The zero-order valence-electron chi connectivity index (χ0n) is 14.4. The molecule has 0 spiro atoms. The van der Waals surface area contributed by atoms with Gasteiger partial charge in [-0.15, -0.1) is 0 Å². The van der Waals surface area contributed by atoms with Crippen molar-refractivity contribution in [2.75, 3.05) is 33.4 Å². The number of piperidine rings is 1. The minimum atomic E-state index is 0.00362. The maximum absolute atomic E-state index is 6.30. The van der Waals surface area contributed by atoms with Gasteiger partial charge >= 0.3 is 0 Å². The van der Waals surface area contributed by atoms with Gasteiger partial charge < -0.3 is 14.4 Å². The van der Waals surface area contributed by atoms with Gasteiger partial charge in [-0.1, -0.05) is 60.7 Å². The van der Waals surface area contributed by atoms with Crippen LogP contribution in [0.5, 0.6) is 0 Å². The smallest absolute Gasteiger partial charge is 0.108 e. The fourth-order valence-corrected chi connectivity index (χ4v) is 3.31. The molecule has 3 rings (SSSR count). The van der Waals surface area contributed by atoms with E-state index in [-0.39, 0.29) is 6.10 Å². The molecule has 2 aromatic rings. The highest BCUT2D eigenvalue weighted by Crippen LogP contribution is 2.25. The van der Waals surface area contributed by atoms with Crippen LogP contribution in [0.1, 0.15) is 30.1 Å². The van der Waals surface area contributed by atoms with Crippen LogP contribution in [0, 0.1) is 0 Å². The first-order chi connectivity index (χ1) is 11.9. The zero-order chi connectivity index (χ0) is 16.6. The van der Waals surface area contributed by atoms with Gasteiger partial charge in [0.1, 0.15) is 6.10 Å². The summed E-state index contributed by atoms with van der Waals surface area (Å²) in [7, 11) is 1.81. The van der Waals surface area contributed by atoms with Gasteiger partial charge in [0.05, 0.1) is 12.7 Å². The minimum absolute atomic E-state index is 0.00362. The van der Waals surface area contributed by atoms with E-state index in [4.69, 9.17) is 9.47 Å². The van der Waals surface area contributed by atoms with E-state index in [1.807, 2.05) is 19.2 Å². The average molecular weight is 325 g/mol. The summed E-state index contributed by atoms with van der Waals surface area (Å²) in [6, 6.07) is 21.0. The van der Waals surface area contributed by atoms with E-state index in [0.717, 1.165) is 39.1 Å². The van der Waals surface area contributed by atoms with Gasteiger partial charge in [-0.3, -0.25) is 0 Å². The van der Waals surface area contributed by atoms with Crippen molar-refractivity contribution in [3.8, 4) is 0 Å². The molecule has 0 N–H and O–H groups in total. The van der Waals surface area contributed by atoms with E-state index in [9.17, 15) is 0 Å². The summed E-state index contributed by atoms with van der Waals surface area (Å²) in [5.74, 6) is 0. The van der Waals surface area contributed by atoms with Crippen molar-refractivity contribution in [2.45, 2.75) is 25.0 Å². The molecule has 128 valence electrons. The van der Waals surface area contributed by atoms with Crippen LogP contribution in [0.2, 0.25) is 0 Å².